The predicted octanol–water partition coefficient (Wildman–Crippen LogP) is 0.578. The van der Waals surface area contributed by atoms with E-state index < -0.39 is 35.0 Å². The van der Waals surface area contributed by atoms with Crippen LogP contribution in [0.1, 0.15) is 18.5 Å². The average molecular weight is 291 g/mol. The minimum atomic E-state index is -4.69. The maximum Gasteiger partial charge on any atom is 0.437 e. The first-order chi connectivity index (χ1) is 9.14. The van der Waals surface area contributed by atoms with Gasteiger partial charge in [0, 0.05) is 13.2 Å². The molecule has 1 heterocycles. The highest BCUT2D eigenvalue weighted by atomic mass is 19.4. The maximum atomic E-state index is 12.7. The van der Waals surface area contributed by atoms with Crippen LogP contribution in [0, 0.1) is 0 Å². The van der Waals surface area contributed by atoms with E-state index in [1.54, 1.807) is 0 Å². The average Bonchev–Trinajstić information content (AvgIpc) is 2.95. The number of aromatic nitrogens is 2. The normalized spacial score (nSPS) is 16.6. The van der Waals surface area contributed by atoms with E-state index in [1.807, 2.05) is 5.32 Å². The SMILES string of the molecule is Cn1cc(NC(=O)NC2(C(N)=O)CC2)c(C(F)(F)F)n1. The van der Waals surface area contributed by atoms with E-state index in [2.05, 4.69) is 10.4 Å². The number of hydrogen-bond acceptors (Lipinski definition) is 3. The zero-order chi connectivity index (χ0) is 15.1. The number of nitrogens with two attached hydrogens (primary N) is 1. The molecule has 0 atom stereocenters. The molecule has 0 aromatic carbocycles. The van der Waals surface area contributed by atoms with Crippen molar-refractivity contribution in [1.82, 2.24) is 15.1 Å². The van der Waals surface area contributed by atoms with Crippen LogP contribution in [0.15, 0.2) is 6.20 Å². The van der Waals surface area contributed by atoms with E-state index in [0.29, 0.717) is 12.8 Å². The van der Waals surface area contributed by atoms with Gasteiger partial charge in [0.2, 0.25) is 5.91 Å². The number of carbonyl (C=O) groups is 2. The molecule has 1 saturated carbocycles. The van der Waals surface area contributed by atoms with Crippen LogP contribution >= 0.6 is 0 Å². The molecule has 110 valence electrons. The van der Waals surface area contributed by atoms with E-state index in [-0.39, 0.29) is 0 Å². The van der Waals surface area contributed by atoms with Gasteiger partial charge in [0.05, 0.1) is 5.69 Å². The number of primary amides is 1. The Bertz CT molecular complexity index is 562. The van der Waals surface area contributed by atoms with E-state index in [9.17, 15) is 22.8 Å². The van der Waals surface area contributed by atoms with Gasteiger partial charge < -0.3 is 16.4 Å². The first-order valence-corrected chi connectivity index (χ1v) is 5.64. The molecule has 4 N–H and O–H groups in total. The molecule has 20 heavy (non-hydrogen) atoms. The molecule has 3 amide bonds. The number of halogens is 3. The van der Waals surface area contributed by atoms with Crippen molar-refractivity contribution >= 4 is 17.6 Å². The largest absolute Gasteiger partial charge is 0.437 e. The molecule has 1 aromatic rings. The number of nitrogens with zero attached hydrogens (tertiary/aromatic N) is 2. The van der Waals surface area contributed by atoms with Crippen LogP contribution < -0.4 is 16.4 Å². The topological polar surface area (TPSA) is 102 Å². The maximum absolute atomic E-state index is 12.7. The smallest absolute Gasteiger partial charge is 0.368 e. The van der Waals surface area contributed by atoms with E-state index in [1.165, 1.54) is 7.05 Å². The number of aryl methyl sites for hydroxylation is 1. The molecule has 0 spiro atoms. The van der Waals surface area contributed by atoms with Crippen molar-refractivity contribution in [2.24, 2.45) is 12.8 Å². The van der Waals surface area contributed by atoms with Crippen LogP contribution in [0.2, 0.25) is 0 Å². The summed E-state index contributed by atoms with van der Waals surface area (Å²) in [7, 11) is 1.30. The molecule has 0 saturated heterocycles. The quantitative estimate of drug-likeness (QED) is 0.759. The Labute approximate surface area is 111 Å². The minimum Gasteiger partial charge on any atom is -0.368 e. The molecule has 0 unspecified atom stereocenters. The van der Waals surface area contributed by atoms with Gasteiger partial charge in [-0.1, -0.05) is 0 Å². The van der Waals surface area contributed by atoms with Gasteiger partial charge in [0.25, 0.3) is 0 Å². The lowest BCUT2D eigenvalue weighted by molar-refractivity contribution is -0.140. The van der Waals surface area contributed by atoms with Gasteiger partial charge in [0.15, 0.2) is 5.69 Å². The summed E-state index contributed by atoms with van der Waals surface area (Å²) in [6, 6.07) is -0.931. The van der Waals surface area contributed by atoms with E-state index in [4.69, 9.17) is 5.73 Å². The summed E-state index contributed by atoms with van der Waals surface area (Å²) in [5, 5.41) is 7.54. The fraction of sp³-hybridized carbons (Fsp3) is 0.500. The number of hydrogen-bond donors (Lipinski definition) is 3. The summed E-state index contributed by atoms with van der Waals surface area (Å²) in [4.78, 5) is 22.7. The highest BCUT2D eigenvalue weighted by molar-refractivity contribution is 5.97. The molecule has 2 rings (SSSR count). The van der Waals surface area contributed by atoms with Crippen LogP contribution in [0.3, 0.4) is 0 Å². The van der Waals surface area contributed by atoms with Crippen molar-refractivity contribution in [2.45, 2.75) is 24.6 Å². The Morgan fingerprint density at radius 1 is 1.45 bits per heavy atom. The Balaban J connectivity index is 2.11. The Morgan fingerprint density at radius 2 is 2.05 bits per heavy atom. The second kappa shape index (κ2) is 4.39. The molecular formula is C10H12F3N5O2. The van der Waals surface area contributed by atoms with Crippen LogP contribution in [0.25, 0.3) is 0 Å². The van der Waals surface area contributed by atoms with E-state index in [0.717, 1.165) is 10.9 Å². The second-order valence-corrected chi connectivity index (χ2v) is 4.59. The van der Waals surface area contributed by atoms with Gasteiger partial charge in [-0.05, 0) is 12.8 Å². The molecule has 0 bridgehead atoms. The predicted molar refractivity (Wildman–Crippen MR) is 61.5 cm³/mol. The van der Waals surface area contributed by atoms with Crippen LogP contribution in [-0.2, 0) is 18.0 Å². The number of anilines is 1. The number of rotatable bonds is 3. The number of carbonyl (C=O) groups excluding carboxylic acids is 2. The third kappa shape index (κ3) is 2.68. The van der Waals surface area contributed by atoms with Crippen molar-refractivity contribution in [1.29, 1.82) is 0 Å². The molecule has 10 heteroatoms. The van der Waals surface area contributed by atoms with Crippen molar-refractivity contribution in [3.05, 3.63) is 11.9 Å². The number of amides is 3. The number of urea groups is 1. The fourth-order valence-electron chi connectivity index (χ4n) is 1.72. The molecule has 0 radical (unpaired) electrons. The van der Waals surface area contributed by atoms with Crippen LogP contribution in [0.5, 0.6) is 0 Å². The Morgan fingerprint density at radius 3 is 2.50 bits per heavy atom. The standard InChI is InChI=1S/C10H12F3N5O2/c1-18-4-5(6(17-18)10(11,12)13)15-8(20)16-9(2-3-9)7(14)19/h4H,2-3H2,1H3,(H2,14,19)(H2,15,16,20). The highest BCUT2D eigenvalue weighted by Crippen LogP contribution is 2.36. The molecule has 1 aromatic heterocycles. The van der Waals surface area contributed by atoms with Gasteiger partial charge in [-0.3, -0.25) is 9.48 Å². The lowest BCUT2D eigenvalue weighted by Gasteiger charge is -2.14. The monoisotopic (exact) mass is 291 g/mol. The summed E-state index contributed by atoms with van der Waals surface area (Å²) in [5.74, 6) is -0.713. The van der Waals surface area contributed by atoms with Gasteiger partial charge >= 0.3 is 12.2 Å². The second-order valence-electron chi connectivity index (χ2n) is 4.59. The zero-order valence-corrected chi connectivity index (χ0v) is 10.4. The first-order valence-electron chi connectivity index (χ1n) is 5.64. The summed E-state index contributed by atoms with van der Waals surface area (Å²) in [5.41, 5.74) is 2.25. The van der Waals surface area contributed by atoms with E-state index >= 15 is 0 Å². The zero-order valence-electron chi connectivity index (χ0n) is 10.4. The summed E-state index contributed by atoms with van der Waals surface area (Å²) in [6.45, 7) is 0. The molecular weight excluding hydrogens is 279 g/mol. The third-order valence-corrected chi connectivity index (χ3v) is 2.92. The lowest BCUT2D eigenvalue weighted by atomic mass is 10.2. The van der Waals surface area contributed by atoms with Crippen LogP contribution in [0.4, 0.5) is 23.7 Å². The Hall–Kier alpha value is -2.26. The van der Waals surface area contributed by atoms with Crippen molar-refractivity contribution < 1.29 is 22.8 Å². The van der Waals surface area contributed by atoms with Crippen molar-refractivity contribution in [2.75, 3.05) is 5.32 Å². The number of alkyl halides is 3. The Kier molecular flexibility index (Phi) is 3.11. The van der Waals surface area contributed by atoms with Gasteiger partial charge in [0.1, 0.15) is 5.54 Å². The summed E-state index contributed by atoms with van der Waals surface area (Å²) >= 11 is 0. The molecule has 7 nitrogen and oxygen atoms in total. The molecule has 1 aliphatic rings. The molecule has 1 aliphatic carbocycles. The van der Waals surface area contributed by atoms with Gasteiger partial charge in [-0.15, -0.1) is 0 Å². The van der Waals surface area contributed by atoms with Crippen molar-refractivity contribution in [3.8, 4) is 0 Å². The minimum absolute atomic E-state index is 0.370. The molecule has 0 aliphatic heterocycles. The van der Waals surface area contributed by atoms with Gasteiger partial charge in [-0.2, -0.15) is 18.3 Å². The third-order valence-electron chi connectivity index (χ3n) is 2.92. The highest BCUT2D eigenvalue weighted by Gasteiger charge is 2.50. The lowest BCUT2D eigenvalue weighted by Crippen LogP contribution is -2.48. The number of nitrogens with one attached hydrogen (secondary N) is 2. The fourth-order valence-corrected chi connectivity index (χ4v) is 1.72. The first kappa shape index (κ1) is 14.2. The van der Waals surface area contributed by atoms with Gasteiger partial charge in [-0.25, -0.2) is 4.79 Å². The van der Waals surface area contributed by atoms with Crippen LogP contribution in [-0.4, -0.2) is 27.3 Å². The summed E-state index contributed by atoms with van der Waals surface area (Å²) < 4.78 is 38.9. The summed E-state index contributed by atoms with van der Waals surface area (Å²) in [6.07, 6.45) is -2.93. The molecule has 1 fully saturated rings. The van der Waals surface area contributed by atoms with Crippen molar-refractivity contribution in [3.63, 3.8) is 0 Å².